The maximum Gasteiger partial charge on any atom is 0.246 e. The summed E-state index contributed by atoms with van der Waals surface area (Å²) in [5.41, 5.74) is 0.851. The molecule has 1 aromatic carbocycles. The lowest BCUT2D eigenvalue weighted by molar-refractivity contribution is -0.126. The van der Waals surface area contributed by atoms with Crippen molar-refractivity contribution in [2.75, 3.05) is 69.2 Å². The number of hydrogen-bond acceptors (Lipinski definition) is 6. The Morgan fingerprint density at radius 1 is 0.935 bits per heavy atom. The molecule has 2 fully saturated rings. The molecule has 0 atom stereocenters. The zero-order valence-corrected chi connectivity index (χ0v) is 18.9. The van der Waals surface area contributed by atoms with Crippen LogP contribution in [-0.2, 0) is 4.79 Å². The van der Waals surface area contributed by atoms with Gasteiger partial charge in [0.15, 0.2) is 0 Å². The standard InChI is InChI=1S/C23H29ClN6O/c1-18-25-21(28-11-9-27(2)10-12-28)17-22(26-18)29-13-15-30(16-14-29)23(31)8-7-19-5-3-4-6-20(19)24/h3-8,17H,9-16H2,1-2H3/b8-7+. The van der Waals surface area contributed by atoms with E-state index < -0.39 is 0 Å². The van der Waals surface area contributed by atoms with Gasteiger partial charge in [0.05, 0.1) is 0 Å². The van der Waals surface area contributed by atoms with Gasteiger partial charge in [-0.2, -0.15) is 0 Å². The van der Waals surface area contributed by atoms with E-state index in [0.29, 0.717) is 18.1 Å². The topological polar surface area (TPSA) is 55.8 Å². The van der Waals surface area contributed by atoms with E-state index in [9.17, 15) is 4.79 Å². The van der Waals surface area contributed by atoms with Gasteiger partial charge in [-0.05, 0) is 31.7 Å². The lowest BCUT2D eigenvalue weighted by atomic mass is 10.2. The molecule has 0 aliphatic carbocycles. The molecule has 2 aromatic rings. The minimum atomic E-state index is 0.0107. The zero-order valence-electron chi connectivity index (χ0n) is 18.2. The van der Waals surface area contributed by atoms with Gasteiger partial charge in [-0.25, -0.2) is 9.97 Å². The molecular weight excluding hydrogens is 412 g/mol. The number of aromatic nitrogens is 2. The first-order valence-corrected chi connectivity index (χ1v) is 11.1. The fourth-order valence-electron chi connectivity index (χ4n) is 3.93. The normalized spacial score (nSPS) is 18.1. The monoisotopic (exact) mass is 440 g/mol. The zero-order chi connectivity index (χ0) is 21.8. The number of anilines is 2. The molecule has 2 aliphatic rings. The average Bonchev–Trinajstić information content (AvgIpc) is 2.78. The van der Waals surface area contributed by atoms with Crippen LogP contribution in [0.15, 0.2) is 36.4 Å². The van der Waals surface area contributed by atoms with Crippen molar-refractivity contribution in [3.63, 3.8) is 0 Å². The fourth-order valence-corrected chi connectivity index (χ4v) is 4.13. The first-order chi connectivity index (χ1) is 15.0. The molecule has 164 valence electrons. The van der Waals surface area contributed by atoms with Crippen molar-refractivity contribution < 1.29 is 4.79 Å². The SMILES string of the molecule is Cc1nc(N2CCN(C)CC2)cc(N2CCN(C(=O)/C=C/c3ccccc3Cl)CC2)n1. The third-order valence-corrected chi connectivity index (χ3v) is 6.21. The Balaban J connectivity index is 1.37. The van der Waals surface area contributed by atoms with Crippen LogP contribution >= 0.6 is 11.6 Å². The molecule has 0 N–H and O–H groups in total. The van der Waals surface area contributed by atoms with Crippen molar-refractivity contribution in [3.8, 4) is 0 Å². The number of carbonyl (C=O) groups is 1. The molecule has 8 heteroatoms. The highest BCUT2D eigenvalue weighted by Gasteiger charge is 2.23. The molecule has 4 rings (SSSR count). The van der Waals surface area contributed by atoms with Crippen molar-refractivity contribution in [2.45, 2.75) is 6.92 Å². The number of likely N-dealkylation sites (N-methyl/N-ethyl adjacent to an activating group) is 1. The summed E-state index contributed by atoms with van der Waals surface area (Å²) >= 11 is 6.17. The van der Waals surface area contributed by atoms with E-state index >= 15 is 0 Å². The number of piperazine rings is 2. The summed E-state index contributed by atoms with van der Waals surface area (Å²) in [6, 6.07) is 9.61. The average molecular weight is 441 g/mol. The predicted molar refractivity (Wildman–Crippen MR) is 126 cm³/mol. The third kappa shape index (κ3) is 5.35. The van der Waals surface area contributed by atoms with E-state index in [1.165, 1.54) is 0 Å². The van der Waals surface area contributed by atoms with Crippen molar-refractivity contribution in [1.82, 2.24) is 19.8 Å². The number of carbonyl (C=O) groups excluding carboxylic acids is 1. The Morgan fingerprint density at radius 2 is 1.52 bits per heavy atom. The predicted octanol–water partition coefficient (Wildman–Crippen LogP) is 2.55. The number of aryl methyl sites for hydroxylation is 1. The first-order valence-electron chi connectivity index (χ1n) is 10.8. The van der Waals surface area contributed by atoms with Crippen LogP contribution in [0, 0.1) is 6.92 Å². The second-order valence-electron chi connectivity index (χ2n) is 8.09. The first kappa shape index (κ1) is 21.6. The van der Waals surface area contributed by atoms with Gasteiger partial charge in [-0.15, -0.1) is 0 Å². The van der Waals surface area contributed by atoms with Gasteiger partial charge in [-0.1, -0.05) is 29.8 Å². The number of halogens is 1. The minimum Gasteiger partial charge on any atom is -0.354 e. The number of rotatable bonds is 4. The Labute approximate surface area is 188 Å². The molecule has 0 radical (unpaired) electrons. The van der Waals surface area contributed by atoms with E-state index in [1.807, 2.05) is 36.1 Å². The maximum atomic E-state index is 12.6. The van der Waals surface area contributed by atoms with Crippen LogP contribution in [0.5, 0.6) is 0 Å². The molecular formula is C23H29ClN6O. The molecule has 0 spiro atoms. The van der Waals surface area contributed by atoms with E-state index in [4.69, 9.17) is 11.6 Å². The Morgan fingerprint density at radius 3 is 2.13 bits per heavy atom. The quantitative estimate of drug-likeness (QED) is 0.681. The number of benzene rings is 1. The highest BCUT2D eigenvalue weighted by atomic mass is 35.5. The van der Waals surface area contributed by atoms with Crippen LogP contribution in [-0.4, -0.2) is 85.1 Å². The molecule has 1 amide bonds. The molecule has 31 heavy (non-hydrogen) atoms. The third-order valence-electron chi connectivity index (χ3n) is 5.86. The van der Waals surface area contributed by atoms with Gasteiger partial charge in [0, 0.05) is 69.5 Å². The summed E-state index contributed by atoms with van der Waals surface area (Å²) in [6.07, 6.45) is 3.39. The van der Waals surface area contributed by atoms with Gasteiger partial charge in [0.1, 0.15) is 17.5 Å². The van der Waals surface area contributed by atoms with E-state index in [1.54, 1.807) is 12.2 Å². The highest BCUT2D eigenvalue weighted by molar-refractivity contribution is 6.32. The molecule has 0 unspecified atom stereocenters. The summed E-state index contributed by atoms with van der Waals surface area (Å²) in [4.78, 5) is 30.7. The van der Waals surface area contributed by atoms with Gasteiger partial charge in [0.2, 0.25) is 5.91 Å². The summed E-state index contributed by atoms with van der Waals surface area (Å²) < 4.78 is 0. The smallest absolute Gasteiger partial charge is 0.246 e. The summed E-state index contributed by atoms with van der Waals surface area (Å²) in [6.45, 7) is 8.83. The van der Waals surface area contributed by atoms with Gasteiger partial charge < -0.3 is 19.6 Å². The van der Waals surface area contributed by atoms with Crippen molar-refractivity contribution >= 4 is 35.2 Å². The van der Waals surface area contributed by atoms with Crippen LogP contribution in [0.2, 0.25) is 5.02 Å². The van der Waals surface area contributed by atoms with Gasteiger partial charge in [0.25, 0.3) is 0 Å². The Bertz CT molecular complexity index is 949. The molecule has 3 heterocycles. The van der Waals surface area contributed by atoms with Gasteiger partial charge >= 0.3 is 0 Å². The largest absolute Gasteiger partial charge is 0.354 e. The van der Waals surface area contributed by atoms with Crippen LogP contribution in [0.3, 0.4) is 0 Å². The molecule has 1 aromatic heterocycles. The van der Waals surface area contributed by atoms with E-state index in [-0.39, 0.29) is 5.91 Å². The van der Waals surface area contributed by atoms with E-state index in [0.717, 1.165) is 62.3 Å². The molecule has 2 saturated heterocycles. The van der Waals surface area contributed by atoms with Crippen LogP contribution in [0.1, 0.15) is 11.4 Å². The molecule has 2 aliphatic heterocycles. The molecule has 0 bridgehead atoms. The minimum absolute atomic E-state index is 0.0107. The molecule has 7 nitrogen and oxygen atoms in total. The van der Waals surface area contributed by atoms with Crippen molar-refractivity contribution in [3.05, 3.63) is 52.8 Å². The fraction of sp³-hybridized carbons (Fsp3) is 0.435. The molecule has 0 saturated carbocycles. The van der Waals surface area contributed by atoms with Crippen molar-refractivity contribution in [1.29, 1.82) is 0 Å². The summed E-state index contributed by atoms with van der Waals surface area (Å²) in [5, 5.41) is 0.645. The number of amides is 1. The van der Waals surface area contributed by atoms with Crippen molar-refractivity contribution in [2.24, 2.45) is 0 Å². The second kappa shape index (κ2) is 9.66. The Hall–Kier alpha value is -2.64. The lowest BCUT2D eigenvalue weighted by Crippen LogP contribution is -2.49. The van der Waals surface area contributed by atoms with Crippen LogP contribution in [0.25, 0.3) is 6.08 Å². The lowest BCUT2D eigenvalue weighted by Gasteiger charge is -2.36. The van der Waals surface area contributed by atoms with Gasteiger partial charge in [-0.3, -0.25) is 4.79 Å². The highest BCUT2D eigenvalue weighted by Crippen LogP contribution is 2.22. The number of nitrogens with zero attached hydrogens (tertiary/aromatic N) is 6. The number of hydrogen-bond donors (Lipinski definition) is 0. The van der Waals surface area contributed by atoms with Crippen LogP contribution < -0.4 is 9.80 Å². The maximum absolute atomic E-state index is 12.6. The Kier molecular flexibility index (Phi) is 6.73. The van der Waals surface area contributed by atoms with E-state index in [2.05, 4.69) is 37.8 Å². The van der Waals surface area contributed by atoms with Crippen LogP contribution in [0.4, 0.5) is 11.6 Å². The second-order valence-corrected chi connectivity index (χ2v) is 8.50. The summed E-state index contributed by atoms with van der Waals surface area (Å²) in [7, 11) is 2.15. The summed E-state index contributed by atoms with van der Waals surface area (Å²) in [5.74, 6) is 2.74.